The van der Waals surface area contributed by atoms with Gasteiger partial charge in [-0.1, -0.05) is 0 Å². The summed E-state index contributed by atoms with van der Waals surface area (Å²) >= 11 is 0. The van der Waals surface area contributed by atoms with Gasteiger partial charge in [-0.15, -0.1) is 0 Å². The number of anilines is 2. The molecule has 2 aliphatic rings. The van der Waals surface area contributed by atoms with E-state index in [2.05, 4.69) is 4.90 Å². The third kappa shape index (κ3) is 2.57. The highest BCUT2D eigenvalue weighted by Crippen LogP contribution is 2.25. The van der Waals surface area contributed by atoms with Gasteiger partial charge in [-0.3, -0.25) is 4.90 Å². The molecule has 0 unspecified atom stereocenters. The summed E-state index contributed by atoms with van der Waals surface area (Å²) in [6, 6.07) is 7.96. The number of hydrogen-bond acceptors (Lipinski definition) is 5. The van der Waals surface area contributed by atoms with E-state index in [9.17, 15) is 4.79 Å². The Morgan fingerprint density at radius 1 is 1.15 bits per heavy atom. The normalized spacial score (nSPS) is 23.1. The molecule has 2 aliphatic heterocycles. The molecule has 108 valence electrons. The molecule has 6 nitrogen and oxygen atoms in total. The molecule has 0 aliphatic carbocycles. The van der Waals surface area contributed by atoms with Gasteiger partial charge in [0.25, 0.3) is 0 Å². The number of rotatable bonds is 3. The number of carbonyl (C=O) groups is 1. The van der Waals surface area contributed by atoms with Crippen LogP contribution in [-0.2, 0) is 9.47 Å². The van der Waals surface area contributed by atoms with Crippen LogP contribution in [-0.4, -0.2) is 51.6 Å². The van der Waals surface area contributed by atoms with Crippen molar-refractivity contribution in [1.82, 2.24) is 0 Å². The zero-order valence-corrected chi connectivity index (χ0v) is 11.3. The third-order valence-electron chi connectivity index (χ3n) is 3.67. The monoisotopic (exact) mass is 277 g/mol. The minimum Gasteiger partial charge on any atom is -0.443 e. The van der Waals surface area contributed by atoms with E-state index in [1.807, 2.05) is 24.3 Å². The molecular formula is C14H19N3O3. The Hall–Kier alpha value is -1.79. The van der Waals surface area contributed by atoms with Crippen LogP contribution in [0.5, 0.6) is 0 Å². The van der Waals surface area contributed by atoms with Gasteiger partial charge in [-0.25, -0.2) is 4.79 Å². The summed E-state index contributed by atoms with van der Waals surface area (Å²) in [4.78, 5) is 15.7. The van der Waals surface area contributed by atoms with E-state index in [0.717, 1.165) is 37.7 Å². The lowest BCUT2D eigenvalue weighted by Gasteiger charge is -2.29. The number of hydrogen-bond donors (Lipinski definition) is 1. The fourth-order valence-corrected chi connectivity index (χ4v) is 2.52. The summed E-state index contributed by atoms with van der Waals surface area (Å²) in [5.41, 5.74) is 7.54. The minimum atomic E-state index is -0.320. The molecule has 0 bridgehead atoms. The van der Waals surface area contributed by atoms with Crippen LogP contribution in [0.25, 0.3) is 0 Å². The fourth-order valence-electron chi connectivity index (χ4n) is 2.52. The summed E-state index contributed by atoms with van der Waals surface area (Å²) in [6.45, 7) is 4.21. The number of amides is 1. The van der Waals surface area contributed by atoms with Crippen molar-refractivity contribution in [2.75, 3.05) is 49.2 Å². The molecule has 0 aromatic heterocycles. The van der Waals surface area contributed by atoms with E-state index in [1.165, 1.54) is 0 Å². The molecule has 2 heterocycles. The minimum absolute atomic E-state index is 0.207. The SMILES string of the molecule is NC[C@H]1CN(c2ccc(N3CCOCC3)cc2)C(=O)O1. The molecule has 20 heavy (non-hydrogen) atoms. The number of ether oxygens (including phenoxy) is 2. The van der Waals surface area contributed by atoms with Crippen LogP contribution < -0.4 is 15.5 Å². The van der Waals surface area contributed by atoms with Gasteiger partial charge in [0.2, 0.25) is 0 Å². The second-order valence-corrected chi connectivity index (χ2v) is 4.97. The lowest BCUT2D eigenvalue weighted by Crippen LogP contribution is -2.36. The Morgan fingerprint density at radius 3 is 2.40 bits per heavy atom. The topological polar surface area (TPSA) is 68.0 Å². The summed E-state index contributed by atoms with van der Waals surface area (Å²) < 4.78 is 10.5. The van der Waals surface area contributed by atoms with E-state index in [4.69, 9.17) is 15.2 Å². The maximum atomic E-state index is 11.8. The van der Waals surface area contributed by atoms with E-state index >= 15 is 0 Å². The average Bonchev–Trinajstić information content (AvgIpc) is 2.89. The van der Waals surface area contributed by atoms with Crippen LogP contribution in [0.3, 0.4) is 0 Å². The van der Waals surface area contributed by atoms with E-state index in [1.54, 1.807) is 4.90 Å². The van der Waals surface area contributed by atoms with Crippen molar-refractivity contribution in [1.29, 1.82) is 0 Å². The Kier molecular flexibility index (Phi) is 3.75. The first-order valence-electron chi connectivity index (χ1n) is 6.89. The highest BCUT2D eigenvalue weighted by Gasteiger charge is 2.31. The number of morpholine rings is 1. The van der Waals surface area contributed by atoms with Gasteiger partial charge in [0.1, 0.15) is 6.10 Å². The van der Waals surface area contributed by atoms with Crippen molar-refractivity contribution in [2.24, 2.45) is 5.73 Å². The van der Waals surface area contributed by atoms with Crippen molar-refractivity contribution in [2.45, 2.75) is 6.10 Å². The maximum Gasteiger partial charge on any atom is 0.414 e. The molecule has 2 fully saturated rings. The van der Waals surface area contributed by atoms with Crippen molar-refractivity contribution in [3.63, 3.8) is 0 Å². The zero-order valence-electron chi connectivity index (χ0n) is 11.3. The highest BCUT2D eigenvalue weighted by molar-refractivity contribution is 5.90. The Morgan fingerprint density at radius 2 is 1.80 bits per heavy atom. The molecular weight excluding hydrogens is 258 g/mol. The lowest BCUT2D eigenvalue weighted by atomic mass is 10.2. The second-order valence-electron chi connectivity index (χ2n) is 4.97. The lowest BCUT2D eigenvalue weighted by molar-refractivity contribution is 0.122. The Balaban J connectivity index is 1.71. The van der Waals surface area contributed by atoms with Crippen LogP contribution in [0.4, 0.5) is 16.2 Å². The highest BCUT2D eigenvalue weighted by atomic mass is 16.6. The molecule has 6 heteroatoms. The number of cyclic esters (lactones) is 1. The summed E-state index contributed by atoms with van der Waals surface area (Å²) in [7, 11) is 0. The van der Waals surface area contributed by atoms with Crippen LogP contribution >= 0.6 is 0 Å². The maximum absolute atomic E-state index is 11.8. The van der Waals surface area contributed by atoms with Gasteiger partial charge in [-0.2, -0.15) is 0 Å². The van der Waals surface area contributed by atoms with Gasteiger partial charge in [0, 0.05) is 31.0 Å². The largest absolute Gasteiger partial charge is 0.443 e. The number of nitrogens with two attached hydrogens (primary N) is 1. The molecule has 1 aromatic carbocycles. The second kappa shape index (κ2) is 5.68. The standard InChI is InChI=1S/C14H19N3O3/c15-9-13-10-17(14(18)20-13)12-3-1-11(2-4-12)16-5-7-19-8-6-16/h1-4,13H,5-10,15H2/t13-/m0/s1. The first-order chi connectivity index (χ1) is 9.78. The van der Waals surface area contributed by atoms with Gasteiger partial charge >= 0.3 is 6.09 Å². The van der Waals surface area contributed by atoms with Crippen molar-refractivity contribution in [3.05, 3.63) is 24.3 Å². The number of nitrogens with zero attached hydrogens (tertiary/aromatic N) is 2. The smallest absolute Gasteiger partial charge is 0.414 e. The number of carbonyl (C=O) groups excluding carboxylic acids is 1. The molecule has 1 aromatic rings. The molecule has 0 spiro atoms. The average molecular weight is 277 g/mol. The van der Waals surface area contributed by atoms with E-state index < -0.39 is 0 Å². The molecule has 0 saturated carbocycles. The summed E-state index contributed by atoms with van der Waals surface area (Å²) in [5.74, 6) is 0. The molecule has 3 rings (SSSR count). The number of benzene rings is 1. The van der Waals surface area contributed by atoms with Crippen molar-refractivity contribution in [3.8, 4) is 0 Å². The van der Waals surface area contributed by atoms with Crippen LogP contribution in [0.1, 0.15) is 0 Å². The van der Waals surface area contributed by atoms with Crippen LogP contribution in [0, 0.1) is 0 Å². The first kappa shape index (κ1) is 13.2. The van der Waals surface area contributed by atoms with E-state index in [-0.39, 0.29) is 12.2 Å². The molecule has 1 amide bonds. The molecule has 0 radical (unpaired) electrons. The Bertz CT molecular complexity index is 471. The Labute approximate surface area is 118 Å². The van der Waals surface area contributed by atoms with Gasteiger partial charge in [0.05, 0.1) is 19.8 Å². The summed E-state index contributed by atoms with van der Waals surface area (Å²) in [5, 5.41) is 0. The van der Waals surface area contributed by atoms with Gasteiger partial charge in [0.15, 0.2) is 0 Å². The van der Waals surface area contributed by atoms with Gasteiger partial charge in [-0.05, 0) is 24.3 Å². The van der Waals surface area contributed by atoms with Crippen molar-refractivity contribution < 1.29 is 14.3 Å². The van der Waals surface area contributed by atoms with Gasteiger partial charge < -0.3 is 20.1 Å². The van der Waals surface area contributed by atoms with Crippen LogP contribution in [0.15, 0.2) is 24.3 Å². The summed E-state index contributed by atoms with van der Waals surface area (Å²) in [6.07, 6.45) is -0.527. The van der Waals surface area contributed by atoms with Crippen molar-refractivity contribution >= 4 is 17.5 Å². The fraction of sp³-hybridized carbons (Fsp3) is 0.500. The zero-order chi connectivity index (χ0) is 13.9. The van der Waals surface area contributed by atoms with E-state index in [0.29, 0.717) is 13.1 Å². The predicted octanol–water partition coefficient (Wildman–Crippen LogP) is 0.807. The predicted molar refractivity (Wildman–Crippen MR) is 76.1 cm³/mol. The quantitative estimate of drug-likeness (QED) is 0.885. The van der Waals surface area contributed by atoms with Crippen LogP contribution in [0.2, 0.25) is 0 Å². The molecule has 2 N–H and O–H groups in total. The molecule has 2 saturated heterocycles. The first-order valence-corrected chi connectivity index (χ1v) is 6.89. The third-order valence-corrected chi connectivity index (χ3v) is 3.67. The molecule has 1 atom stereocenters.